The minimum Gasteiger partial charge on any atom is -0.493 e. The molecule has 1 aromatic carbocycles. The van der Waals surface area contributed by atoms with Gasteiger partial charge in [0.1, 0.15) is 11.4 Å². The van der Waals surface area contributed by atoms with E-state index in [2.05, 4.69) is 15.3 Å². The topological polar surface area (TPSA) is 64.1 Å². The second kappa shape index (κ2) is 7.75. The molecule has 0 saturated heterocycles. The number of hydrogen-bond donors (Lipinski definition) is 1. The van der Waals surface area contributed by atoms with Crippen LogP contribution in [0.4, 0.5) is 18.3 Å². The molecule has 0 unspecified atom stereocenters. The van der Waals surface area contributed by atoms with Crippen LogP contribution in [-0.4, -0.2) is 22.5 Å². The molecular weight excluding hydrogens is 379 g/mol. The van der Waals surface area contributed by atoms with Gasteiger partial charge < -0.3 is 4.74 Å². The molecule has 0 spiro atoms. The molecule has 0 atom stereocenters. The summed E-state index contributed by atoms with van der Waals surface area (Å²) >= 11 is 1.20. The third-order valence-corrected chi connectivity index (χ3v) is 4.26. The molecule has 5 nitrogen and oxygen atoms in total. The maximum absolute atomic E-state index is 12.5. The van der Waals surface area contributed by atoms with Crippen LogP contribution in [0.2, 0.25) is 0 Å². The summed E-state index contributed by atoms with van der Waals surface area (Å²) in [4.78, 5) is 19.8. The number of rotatable bonds is 5. The summed E-state index contributed by atoms with van der Waals surface area (Å²) in [5.74, 6) is 0.0883. The molecule has 3 rings (SSSR count). The van der Waals surface area contributed by atoms with Gasteiger partial charge in [-0.1, -0.05) is 12.1 Å². The lowest BCUT2D eigenvalue weighted by Crippen LogP contribution is -2.14. The van der Waals surface area contributed by atoms with Gasteiger partial charge in [-0.2, -0.15) is 13.2 Å². The maximum Gasteiger partial charge on any atom is 0.433 e. The van der Waals surface area contributed by atoms with Crippen molar-refractivity contribution in [2.75, 3.05) is 11.9 Å². The Kier molecular flexibility index (Phi) is 5.41. The van der Waals surface area contributed by atoms with E-state index in [0.717, 1.165) is 23.9 Å². The van der Waals surface area contributed by atoms with Crippen LogP contribution in [0.15, 0.2) is 48.0 Å². The molecule has 9 heteroatoms. The number of para-hydroxylation sites is 1. The molecule has 0 bridgehead atoms. The number of aromatic nitrogens is 2. The van der Waals surface area contributed by atoms with Crippen LogP contribution >= 0.6 is 11.3 Å². The maximum atomic E-state index is 12.5. The number of hydrogen-bond acceptors (Lipinski definition) is 5. The first kappa shape index (κ1) is 18.8. The van der Waals surface area contributed by atoms with E-state index in [4.69, 9.17) is 4.74 Å². The molecule has 0 aliphatic rings. The molecule has 0 radical (unpaired) electrons. The van der Waals surface area contributed by atoms with Crippen molar-refractivity contribution in [3.8, 4) is 17.0 Å². The smallest absolute Gasteiger partial charge is 0.433 e. The van der Waals surface area contributed by atoms with E-state index in [0.29, 0.717) is 23.2 Å². The number of amides is 1. The summed E-state index contributed by atoms with van der Waals surface area (Å²) < 4.78 is 43.2. The van der Waals surface area contributed by atoms with Gasteiger partial charge in [0.2, 0.25) is 0 Å². The van der Waals surface area contributed by atoms with Crippen molar-refractivity contribution in [2.45, 2.75) is 13.1 Å². The Bertz CT molecular complexity index is 940. The monoisotopic (exact) mass is 393 g/mol. The number of halogens is 3. The fourth-order valence-corrected chi connectivity index (χ4v) is 2.99. The number of thiazole rings is 1. The zero-order chi connectivity index (χ0) is 19.4. The van der Waals surface area contributed by atoms with E-state index in [9.17, 15) is 18.0 Å². The average molecular weight is 393 g/mol. The fraction of sp³-hybridized carbons (Fsp3) is 0.167. The van der Waals surface area contributed by atoms with E-state index in [1.165, 1.54) is 11.3 Å². The Morgan fingerprint density at radius 3 is 2.67 bits per heavy atom. The van der Waals surface area contributed by atoms with Gasteiger partial charge in [-0.05, 0) is 31.2 Å². The van der Waals surface area contributed by atoms with Crippen molar-refractivity contribution in [3.05, 3.63) is 59.2 Å². The molecule has 2 aromatic heterocycles. The molecule has 0 aliphatic carbocycles. The molecule has 140 valence electrons. The predicted octanol–water partition coefficient (Wildman–Crippen LogP) is 4.87. The van der Waals surface area contributed by atoms with Crippen LogP contribution in [0, 0.1) is 0 Å². The van der Waals surface area contributed by atoms with Crippen molar-refractivity contribution in [1.82, 2.24) is 9.97 Å². The SMILES string of the molecule is CCOc1ccccc1-c1csc(NC(=O)c2ccc(C(F)(F)F)nc2)n1. The van der Waals surface area contributed by atoms with Crippen LogP contribution in [-0.2, 0) is 6.18 Å². The average Bonchev–Trinajstić information content (AvgIpc) is 3.10. The molecule has 2 heterocycles. The first-order valence-corrected chi connectivity index (χ1v) is 8.78. The van der Waals surface area contributed by atoms with Gasteiger partial charge in [0, 0.05) is 17.1 Å². The summed E-state index contributed by atoms with van der Waals surface area (Å²) in [6, 6.07) is 9.21. The standard InChI is InChI=1S/C18H14F3N3O2S/c1-2-26-14-6-4-3-5-12(14)13-10-27-17(23-13)24-16(25)11-7-8-15(22-9-11)18(19,20)21/h3-10H,2H2,1H3,(H,23,24,25). The molecule has 1 amide bonds. The van der Waals surface area contributed by atoms with E-state index in [1.54, 1.807) is 5.38 Å². The normalized spacial score (nSPS) is 11.3. The number of alkyl halides is 3. The molecule has 0 aliphatic heterocycles. The number of carbonyl (C=O) groups excluding carboxylic acids is 1. The zero-order valence-corrected chi connectivity index (χ0v) is 14.9. The number of benzene rings is 1. The molecule has 3 aromatic rings. The van der Waals surface area contributed by atoms with Gasteiger partial charge >= 0.3 is 6.18 Å². The van der Waals surface area contributed by atoms with Crippen molar-refractivity contribution >= 4 is 22.4 Å². The first-order chi connectivity index (χ1) is 12.9. The highest BCUT2D eigenvalue weighted by molar-refractivity contribution is 7.14. The summed E-state index contributed by atoms with van der Waals surface area (Å²) in [7, 11) is 0. The first-order valence-electron chi connectivity index (χ1n) is 7.91. The number of carbonyl (C=O) groups is 1. The third kappa shape index (κ3) is 4.43. The van der Waals surface area contributed by atoms with Gasteiger partial charge in [0.15, 0.2) is 5.13 Å². The number of pyridine rings is 1. The number of nitrogens with one attached hydrogen (secondary N) is 1. The Morgan fingerprint density at radius 2 is 2.00 bits per heavy atom. The quantitative estimate of drug-likeness (QED) is 0.671. The summed E-state index contributed by atoms with van der Waals surface area (Å²) in [6.45, 7) is 2.38. The van der Waals surface area contributed by atoms with Gasteiger partial charge in [-0.15, -0.1) is 11.3 Å². The molecule has 0 saturated carbocycles. The Balaban J connectivity index is 1.75. The fourth-order valence-electron chi connectivity index (χ4n) is 2.28. The van der Waals surface area contributed by atoms with Gasteiger partial charge in [0.25, 0.3) is 5.91 Å². The van der Waals surface area contributed by atoms with E-state index in [1.807, 2.05) is 31.2 Å². The van der Waals surface area contributed by atoms with Crippen LogP contribution in [0.3, 0.4) is 0 Å². The van der Waals surface area contributed by atoms with Crippen LogP contribution < -0.4 is 10.1 Å². The number of nitrogens with zero attached hydrogens (tertiary/aromatic N) is 2. The number of anilines is 1. The highest BCUT2D eigenvalue weighted by Gasteiger charge is 2.32. The lowest BCUT2D eigenvalue weighted by atomic mass is 10.1. The van der Waals surface area contributed by atoms with Crippen LogP contribution in [0.5, 0.6) is 5.75 Å². The largest absolute Gasteiger partial charge is 0.493 e. The summed E-state index contributed by atoms with van der Waals surface area (Å²) in [6.07, 6.45) is -3.66. The molecule has 0 fully saturated rings. The second-order valence-electron chi connectivity index (χ2n) is 5.35. The minimum atomic E-state index is -4.55. The predicted molar refractivity (Wildman–Crippen MR) is 95.9 cm³/mol. The lowest BCUT2D eigenvalue weighted by molar-refractivity contribution is -0.141. The highest BCUT2D eigenvalue weighted by Crippen LogP contribution is 2.32. The van der Waals surface area contributed by atoms with Crippen molar-refractivity contribution < 1.29 is 22.7 Å². The van der Waals surface area contributed by atoms with E-state index in [-0.39, 0.29) is 5.56 Å². The van der Waals surface area contributed by atoms with E-state index >= 15 is 0 Å². The van der Waals surface area contributed by atoms with Gasteiger partial charge in [-0.3, -0.25) is 15.1 Å². The third-order valence-electron chi connectivity index (χ3n) is 3.50. The van der Waals surface area contributed by atoms with Crippen molar-refractivity contribution in [1.29, 1.82) is 0 Å². The van der Waals surface area contributed by atoms with Crippen molar-refractivity contribution in [3.63, 3.8) is 0 Å². The summed E-state index contributed by atoms with van der Waals surface area (Å²) in [5, 5.41) is 4.65. The van der Waals surface area contributed by atoms with Crippen LogP contribution in [0.25, 0.3) is 11.3 Å². The lowest BCUT2D eigenvalue weighted by Gasteiger charge is -2.07. The molecule has 1 N–H and O–H groups in total. The Labute approximate surface area is 156 Å². The Hall–Kier alpha value is -2.94. The van der Waals surface area contributed by atoms with Crippen LogP contribution in [0.1, 0.15) is 23.0 Å². The second-order valence-corrected chi connectivity index (χ2v) is 6.21. The van der Waals surface area contributed by atoms with Crippen molar-refractivity contribution in [2.24, 2.45) is 0 Å². The minimum absolute atomic E-state index is 0.00877. The zero-order valence-electron chi connectivity index (χ0n) is 14.1. The molecular formula is C18H14F3N3O2S. The van der Waals surface area contributed by atoms with Gasteiger partial charge in [0.05, 0.1) is 17.9 Å². The van der Waals surface area contributed by atoms with E-state index < -0.39 is 17.8 Å². The number of ether oxygens (including phenoxy) is 1. The summed E-state index contributed by atoms with van der Waals surface area (Å²) in [5.41, 5.74) is 0.370. The van der Waals surface area contributed by atoms with Gasteiger partial charge in [-0.25, -0.2) is 4.98 Å². The highest BCUT2D eigenvalue weighted by atomic mass is 32.1. The molecule has 27 heavy (non-hydrogen) atoms. The Morgan fingerprint density at radius 1 is 1.22 bits per heavy atom.